The van der Waals surface area contributed by atoms with Gasteiger partial charge in [0, 0.05) is 68.8 Å². The minimum Gasteiger partial charge on any atom is -0.480 e. The molecule has 0 aliphatic carbocycles. The summed E-state index contributed by atoms with van der Waals surface area (Å²) in [5.41, 5.74) is 1.72. The van der Waals surface area contributed by atoms with Crippen molar-refractivity contribution in [3.8, 4) is 5.75 Å². The van der Waals surface area contributed by atoms with Gasteiger partial charge in [-0.2, -0.15) is 0 Å². The first-order valence-electron chi connectivity index (χ1n) is 11.9. The Balaban J connectivity index is 1.09. The van der Waals surface area contributed by atoms with Gasteiger partial charge >= 0.3 is 0 Å². The Morgan fingerprint density at radius 1 is 1.22 bits per heavy atom. The number of likely N-dealkylation sites (tertiary alicyclic amines) is 1. The van der Waals surface area contributed by atoms with Crippen LogP contribution in [0.25, 0.3) is 10.9 Å². The van der Waals surface area contributed by atoms with E-state index in [2.05, 4.69) is 20.5 Å². The van der Waals surface area contributed by atoms with Gasteiger partial charge in [-0.15, -0.1) is 0 Å². The number of anilines is 1. The average Bonchev–Trinajstić information content (AvgIpc) is 3.40. The van der Waals surface area contributed by atoms with Gasteiger partial charge in [0.25, 0.3) is 11.5 Å². The number of nitrogens with zero attached hydrogens (tertiary/aromatic N) is 3. The van der Waals surface area contributed by atoms with E-state index in [1.165, 1.54) is 12.1 Å². The van der Waals surface area contributed by atoms with Crippen LogP contribution in [0.2, 0.25) is 5.02 Å². The van der Waals surface area contributed by atoms with Gasteiger partial charge in [-0.1, -0.05) is 11.6 Å². The number of nitrogens with one attached hydrogen (secondary N) is 2. The summed E-state index contributed by atoms with van der Waals surface area (Å²) in [6, 6.07) is 8.08. The molecule has 3 N–H and O–H groups in total. The van der Waals surface area contributed by atoms with E-state index in [0.717, 1.165) is 5.39 Å². The first kappa shape index (κ1) is 23.4. The molecule has 3 aliphatic heterocycles. The summed E-state index contributed by atoms with van der Waals surface area (Å²) in [4.78, 5) is 30.5. The predicted octanol–water partition coefficient (Wildman–Crippen LogP) is 1.70. The third-order valence-electron chi connectivity index (χ3n) is 7.24. The molecule has 0 bridgehead atoms. The van der Waals surface area contributed by atoms with E-state index in [-0.39, 0.29) is 35.7 Å². The number of carbonyl (C=O) groups is 1. The maximum absolute atomic E-state index is 14.8. The van der Waals surface area contributed by atoms with E-state index in [1.54, 1.807) is 22.8 Å². The molecule has 1 aromatic carbocycles. The second-order valence-corrected chi connectivity index (χ2v) is 10.1. The summed E-state index contributed by atoms with van der Waals surface area (Å²) < 4.78 is 21.8. The van der Waals surface area contributed by atoms with Crippen LogP contribution in [0.5, 0.6) is 5.75 Å². The van der Waals surface area contributed by atoms with Gasteiger partial charge in [0.2, 0.25) is 0 Å². The highest BCUT2D eigenvalue weighted by Gasteiger charge is 2.35. The quantitative estimate of drug-likeness (QED) is 0.460. The number of pyridine rings is 2. The normalized spacial score (nSPS) is 23.1. The van der Waals surface area contributed by atoms with Gasteiger partial charge in [-0.25, -0.2) is 9.37 Å². The molecule has 3 aliphatic rings. The molecule has 36 heavy (non-hydrogen) atoms. The number of fused-ring (bicyclic) bond motifs is 1. The third-order valence-corrected chi connectivity index (χ3v) is 7.56. The maximum atomic E-state index is 14.8. The van der Waals surface area contributed by atoms with Crippen molar-refractivity contribution in [2.45, 2.75) is 25.1 Å². The summed E-state index contributed by atoms with van der Waals surface area (Å²) in [6.07, 6.45) is -0.538. The lowest BCUT2D eigenvalue weighted by Crippen LogP contribution is -2.31. The molecule has 11 heteroatoms. The SMILES string of the molecule is O=C1COc2cc(Cl)c(CNC[C@H]3CN(CC4Cn5c(=O)ccc6ccc(F)c4c65)C[C@H]3O)nc2N1. The second kappa shape index (κ2) is 9.11. The number of rotatable bonds is 6. The molecular formula is C25H25ClFN5O4. The Kier molecular flexibility index (Phi) is 5.91. The van der Waals surface area contributed by atoms with Gasteiger partial charge in [0.15, 0.2) is 18.2 Å². The van der Waals surface area contributed by atoms with Crippen molar-refractivity contribution in [2.24, 2.45) is 5.92 Å². The predicted molar refractivity (Wildman–Crippen MR) is 132 cm³/mol. The number of aliphatic hydroxyl groups excluding tert-OH is 1. The van der Waals surface area contributed by atoms with E-state index in [9.17, 15) is 19.1 Å². The van der Waals surface area contributed by atoms with Crippen molar-refractivity contribution in [2.75, 3.05) is 38.1 Å². The van der Waals surface area contributed by atoms with Crippen molar-refractivity contribution in [3.05, 3.63) is 62.8 Å². The molecule has 0 spiro atoms. The third kappa shape index (κ3) is 4.13. The Labute approximate surface area is 210 Å². The number of amides is 1. The molecule has 1 saturated heterocycles. The Hall–Kier alpha value is -3.05. The molecule has 2 aromatic heterocycles. The fraction of sp³-hybridized carbons (Fsp3) is 0.400. The van der Waals surface area contributed by atoms with Crippen molar-refractivity contribution < 1.29 is 19.0 Å². The highest BCUT2D eigenvalue weighted by atomic mass is 35.5. The summed E-state index contributed by atoms with van der Waals surface area (Å²) >= 11 is 6.33. The number of ether oxygens (including phenoxy) is 1. The first-order chi connectivity index (χ1) is 17.4. The number of β-amino-alcohol motifs (C(OH)–C–C–N with tert-alkyl or cyclic N) is 1. The summed E-state index contributed by atoms with van der Waals surface area (Å²) in [5.74, 6) is 0.0393. The topological polar surface area (TPSA) is 109 Å². The van der Waals surface area contributed by atoms with Crippen LogP contribution in [0, 0.1) is 11.7 Å². The fourth-order valence-corrected chi connectivity index (χ4v) is 5.76. The zero-order valence-electron chi connectivity index (χ0n) is 19.3. The molecule has 188 valence electrons. The smallest absolute Gasteiger partial charge is 0.263 e. The molecule has 0 radical (unpaired) electrons. The largest absolute Gasteiger partial charge is 0.480 e. The van der Waals surface area contributed by atoms with Crippen LogP contribution in [0.4, 0.5) is 10.2 Å². The monoisotopic (exact) mass is 513 g/mol. The lowest BCUT2D eigenvalue weighted by Gasteiger charge is -2.21. The molecule has 0 saturated carbocycles. The van der Waals surface area contributed by atoms with E-state index in [1.807, 2.05) is 0 Å². The van der Waals surface area contributed by atoms with Crippen LogP contribution in [0.1, 0.15) is 17.2 Å². The van der Waals surface area contributed by atoms with Gasteiger partial charge in [-0.3, -0.25) is 14.5 Å². The van der Waals surface area contributed by atoms with Crippen molar-refractivity contribution in [1.29, 1.82) is 0 Å². The van der Waals surface area contributed by atoms with Gasteiger partial charge in [0.05, 0.1) is 22.3 Å². The van der Waals surface area contributed by atoms with Gasteiger partial charge < -0.3 is 25.0 Å². The molecule has 3 atom stereocenters. The van der Waals surface area contributed by atoms with E-state index < -0.39 is 6.10 Å². The number of carbonyl (C=O) groups excluding carboxylic acids is 1. The number of hydrogen-bond donors (Lipinski definition) is 3. The molecule has 1 amide bonds. The fourth-order valence-electron chi connectivity index (χ4n) is 5.55. The molecule has 1 unspecified atom stereocenters. The Morgan fingerprint density at radius 2 is 2.06 bits per heavy atom. The van der Waals surface area contributed by atoms with E-state index in [4.69, 9.17) is 16.3 Å². The lowest BCUT2D eigenvalue weighted by molar-refractivity contribution is -0.118. The highest BCUT2D eigenvalue weighted by molar-refractivity contribution is 6.31. The molecule has 9 nitrogen and oxygen atoms in total. The Bertz CT molecular complexity index is 1430. The van der Waals surface area contributed by atoms with Crippen LogP contribution in [-0.4, -0.2) is 64.4 Å². The van der Waals surface area contributed by atoms with Crippen LogP contribution in [0.3, 0.4) is 0 Å². The number of aromatic nitrogens is 2. The van der Waals surface area contributed by atoms with E-state index in [0.29, 0.717) is 72.6 Å². The van der Waals surface area contributed by atoms with Gasteiger partial charge in [-0.05, 0) is 23.6 Å². The number of hydrogen-bond acceptors (Lipinski definition) is 7. The number of benzene rings is 1. The van der Waals surface area contributed by atoms with Crippen molar-refractivity contribution >= 4 is 34.2 Å². The van der Waals surface area contributed by atoms with Crippen LogP contribution in [-0.2, 0) is 17.9 Å². The lowest BCUT2D eigenvalue weighted by atomic mass is 9.98. The van der Waals surface area contributed by atoms with Gasteiger partial charge in [0.1, 0.15) is 5.82 Å². The highest BCUT2D eigenvalue weighted by Crippen LogP contribution is 2.36. The molecular weight excluding hydrogens is 489 g/mol. The standard InChI is InChI=1S/C25H25ClFN5O4/c26-16-5-20-25(30-21(34)12-36-20)29-18(16)7-28-6-14-8-31(11-19(14)33)9-15-10-32-22(35)4-2-13-1-3-17(27)23(15)24(13)32/h1-5,14-15,19,28,33H,6-12H2,(H,29,30,34)/t14-,15?,19+/m0/s1. The summed E-state index contributed by atoms with van der Waals surface area (Å²) in [6.45, 7) is 2.94. The zero-order chi connectivity index (χ0) is 25.0. The molecule has 6 rings (SSSR count). The van der Waals surface area contributed by atoms with Crippen LogP contribution < -0.4 is 20.9 Å². The van der Waals surface area contributed by atoms with Crippen LogP contribution in [0.15, 0.2) is 35.1 Å². The number of halogens is 2. The zero-order valence-corrected chi connectivity index (χ0v) is 20.1. The minimum absolute atomic E-state index is 0.0309. The summed E-state index contributed by atoms with van der Waals surface area (Å²) in [7, 11) is 0. The Morgan fingerprint density at radius 3 is 2.92 bits per heavy atom. The molecule has 1 fully saturated rings. The minimum atomic E-state index is -0.538. The molecule has 3 aromatic rings. The summed E-state index contributed by atoms with van der Waals surface area (Å²) in [5, 5.41) is 17.9. The molecule has 5 heterocycles. The second-order valence-electron chi connectivity index (χ2n) is 9.66. The van der Waals surface area contributed by atoms with Crippen LogP contribution >= 0.6 is 11.6 Å². The van der Waals surface area contributed by atoms with Crippen molar-refractivity contribution in [1.82, 2.24) is 19.8 Å². The maximum Gasteiger partial charge on any atom is 0.263 e. The number of aliphatic hydroxyl groups is 1. The van der Waals surface area contributed by atoms with E-state index >= 15 is 0 Å². The average molecular weight is 514 g/mol. The van der Waals surface area contributed by atoms with Crippen molar-refractivity contribution in [3.63, 3.8) is 0 Å². The first-order valence-corrected chi connectivity index (χ1v) is 12.3.